The van der Waals surface area contributed by atoms with E-state index in [4.69, 9.17) is 4.42 Å². The second-order valence-corrected chi connectivity index (χ2v) is 3.44. The molecule has 1 aliphatic rings. The third-order valence-corrected chi connectivity index (χ3v) is 2.55. The van der Waals surface area contributed by atoms with Crippen LogP contribution in [0.3, 0.4) is 0 Å². The van der Waals surface area contributed by atoms with E-state index in [0.29, 0.717) is 0 Å². The predicted molar refractivity (Wildman–Crippen MR) is 48.8 cm³/mol. The quantitative estimate of drug-likeness (QED) is 0.657. The molecule has 13 heavy (non-hydrogen) atoms. The number of nitrogens with one attached hydrogen (secondary N) is 1. The lowest BCUT2D eigenvalue weighted by Crippen LogP contribution is -2.22. The lowest BCUT2D eigenvalue weighted by atomic mass is 10.1. The van der Waals surface area contributed by atoms with Crippen molar-refractivity contribution in [2.45, 2.75) is 26.7 Å². The highest BCUT2D eigenvalue weighted by Gasteiger charge is 2.22. The van der Waals surface area contributed by atoms with E-state index in [-0.39, 0.29) is 5.91 Å². The molecule has 0 saturated carbocycles. The molecule has 0 spiro atoms. The maximum atomic E-state index is 11.6. The Kier molecular flexibility index (Phi) is 1.87. The number of hydrogen-bond acceptors (Lipinski definition) is 2. The molecule has 2 rings (SSSR count). The van der Waals surface area contributed by atoms with E-state index in [9.17, 15) is 4.79 Å². The zero-order valence-electron chi connectivity index (χ0n) is 7.94. The van der Waals surface area contributed by atoms with Gasteiger partial charge in [0.1, 0.15) is 11.5 Å². The molecule has 1 aromatic heterocycles. The first kappa shape index (κ1) is 8.35. The molecule has 1 aliphatic heterocycles. The van der Waals surface area contributed by atoms with Crippen molar-refractivity contribution in [2.75, 3.05) is 6.54 Å². The van der Waals surface area contributed by atoms with Crippen molar-refractivity contribution >= 4 is 5.91 Å². The van der Waals surface area contributed by atoms with E-state index in [0.717, 1.165) is 42.0 Å². The molecule has 3 heteroatoms. The minimum Gasteiger partial charge on any atom is -0.465 e. The van der Waals surface area contributed by atoms with E-state index in [1.807, 2.05) is 13.8 Å². The second kappa shape index (κ2) is 2.91. The van der Waals surface area contributed by atoms with E-state index >= 15 is 0 Å². The monoisotopic (exact) mass is 179 g/mol. The van der Waals surface area contributed by atoms with E-state index in [1.54, 1.807) is 0 Å². The summed E-state index contributed by atoms with van der Waals surface area (Å²) in [6.07, 6.45) is 1.83. The maximum Gasteiger partial charge on any atom is 0.255 e. The van der Waals surface area contributed by atoms with Crippen molar-refractivity contribution in [1.82, 2.24) is 5.32 Å². The van der Waals surface area contributed by atoms with Crippen LogP contribution in [0.4, 0.5) is 0 Å². The normalized spacial score (nSPS) is 16.3. The van der Waals surface area contributed by atoms with Crippen LogP contribution in [-0.4, -0.2) is 12.5 Å². The van der Waals surface area contributed by atoms with Gasteiger partial charge in [0, 0.05) is 18.5 Å². The van der Waals surface area contributed by atoms with Crippen LogP contribution in [0.5, 0.6) is 0 Å². The van der Waals surface area contributed by atoms with Gasteiger partial charge in [-0.2, -0.15) is 0 Å². The largest absolute Gasteiger partial charge is 0.465 e. The number of fused-ring (bicyclic) bond motifs is 1. The fraction of sp³-hybridized carbons (Fsp3) is 0.500. The fourth-order valence-corrected chi connectivity index (χ4v) is 1.71. The highest BCUT2D eigenvalue weighted by molar-refractivity contribution is 5.97. The van der Waals surface area contributed by atoms with Crippen LogP contribution in [0.25, 0.3) is 0 Å². The third-order valence-electron chi connectivity index (χ3n) is 2.55. The van der Waals surface area contributed by atoms with Crippen LogP contribution in [0.2, 0.25) is 0 Å². The van der Waals surface area contributed by atoms with Crippen LogP contribution in [0.1, 0.15) is 33.9 Å². The fourth-order valence-electron chi connectivity index (χ4n) is 1.71. The molecule has 0 unspecified atom stereocenters. The van der Waals surface area contributed by atoms with Gasteiger partial charge in [-0.05, 0) is 20.3 Å². The van der Waals surface area contributed by atoms with Crippen molar-refractivity contribution in [3.63, 3.8) is 0 Å². The lowest BCUT2D eigenvalue weighted by molar-refractivity contribution is 0.0955. The van der Waals surface area contributed by atoms with Crippen LogP contribution in [0.15, 0.2) is 4.42 Å². The maximum absolute atomic E-state index is 11.6. The summed E-state index contributed by atoms with van der Waals surface area (Å²) < 4.78 is 5.53. The number of carbonyl (C=O) groups excluding carboxylic acids is 1. The summed E-state index contributed by atoms with van der Waals surface area (Å²) >= 11 is 0. The Morgan fingerprint density at radius 1 is 1.38 bits per heavy atom. The van der Waals surface area contributed by atoms with Crippen molar-refractivity contribution in [3.8, 4) is 0 Å². The molecule has 0 aromatic carbocycles. The van der Waals surface area contributed by atoms with Crippen LogP contribution >= 0.6 is 0 Å². The highest BCUT2D eigenvalue weighted by Crippen LogP contribution is 2.23. The summed E-state index contributed by atoms with van der Waals surface area (Å²) in [5.41, 5.74) is 1.74. The van der Waals surface area contributed by atoms with Crippen LogP contribution < -0.4 is 5.32 Å². The van der Waals surface area contributed by atoms with Gasteiger partial charge in [-0.25, -0.2) is 0 Å². The molecule has 2 heterocycles. The highest BCUT2D eigenvalue weighted by atomic mass is 16.3. The second-order valence-electron chi connectivity index (χ2n) is 3.44. The van der Waals surface area contributed by atoms with Gasteiger partial charge in [-0.15, -0.1) is 0 Å². The minimum absolute atomic E-state index is 0.0156. The summed E-state index contributed by atoms with van der Waals surface area (Å²) in [6.45, 7) is 4.58. The molecule has 1 aromatic rings. The molecule has 1 amide bonds. The van der Waals surface area contributed by atoms with Gasteiger partial charge in [0.2, 0.25) is 0 Å². The Bertz CT molecular complexity index is 352. The molecule has 0 fully saturated rings. The Balaban J connectivity index is 2.54. The molecule has 70 valence electrons. The summed E-state index contributed by atoms with van der Waals surface area (Å²) in [5.74, 6) is 1.73. The Morgan fingerprint density at radius 2 is 2.15 bits per heavy atom. The SMILES string of the molecule is Cc1oc2c(c1C)C(=O)NCCC2. The number of rotatable bonds is 0. The first-order chi connectivity index (χ1) is 6.20. The van der Waals surface area contributed by atoms with Crippen molar-refractivity contribution < 1.29 is 9.21 Å². The smallest absolute Gasteiger partial charge is 0.255 e. The zero-order chi connectivity index (χ0) is 9.42. The predicted octanol–water partition coefficient (Wildman–Crippen LogP) is 1.57. The Hall–Kier alpha value is -1.25. The first-order valence-corrected chi connectivity index (χ1v) is 4.57. The molecule has 3 nitrogen and oxygen atoms in total. The molecular formula is C10H13NO2. The molecule has 1 N–H and O–H groups in total. The minimum atomic E-state index is 0.0156. The van der Waals surface area contributed by atoms with Gasteiger partial charge in [0.05, 0.1) is 5.56 Å². The summed E-state index contributed by atoms with van der Waals surface area (Å²) in [4.78, 5) is 11.6. The van der Waals surface area contributed by atoms with E-state index in [2.05, 4.69) is 5.32 Å². The van der Waals surface area contributed by atoms with Gasteiger partial charge >= 0.3 is 0 Å². The number of amides is 1. The number of aryl methyl sites for hydroxylation is 2. The van der Waals surface area contributed by atoms with Crippen LogP contribution in [0, 0.1) is 13.8 Å². The Labute approximate surface area is 77.1 Å². The molecule has 0 atom stereocenters. The number of carbonyl (C=O) groups is 1. The Morgan fingerprint density at radius 3 is 2.92 bits per heavy atom. The number of hydrogen-bond donors (Lipinski definition) is 1. The topological polar surface area (TPSA) is 42.2 Å². The number of furan rings is 1. The third kappa shape index (κ3) is 1.24. The van der Waals surface area contributed by atoms with E-state index in [1.165, 1.54) is 0 Å². The average molecular weight is 179 g/mol. The molecular weight excluding hydrogens is 166 g/mol. The van der Waals surface area contributed by atoms with Crippen LogP contribution in [-0.2, 0) is 6.42 Å². The van der Waals surface area contributed by atoms with Crippen molar-refractivity contribution in [3.05, 3.63) is 22.6 Å². The van der Waals surface area contributed by atoms with Gasteiger partial charge in [-0.1, -0.05) is 0 Å². The molecule has 0 bridgehead atoms. The zero-order valence-corrected chi connectivity index (χ0v) is 7.94. The van der Waals surface area contributed by atoms with Crippen molar-refractivity contribution in [1.29, 1.82) is 0 Å². The van der Waals surface area contributed by atoms with Gasteiger partial charge < -0.3 is 9.73 Å². The van der Waals surface area contributed by atoms with Gasteiger partial charge in [0.15, 0.2) is 0 Å². The molecule has 0 saturated heterocycles. The molecule has 0 radical (unpaired) electrons. The summed E-state index contributed by atoms with van der Waals surface area (Å²) in [5, 5.41) is 2.86. The molecule has 0 aliphatic carbocycles. The average Bonchev–Trinajstić information content (AvgIpc) is 2.29. The lowest BCUT2D eigenvalue weighted by Gasteiger charge is -1.98. The summed E-state index contributed by atoms with van der Waals surface area (Å²) in [6, 6.07) is 0. The van der Waals surface area contributed by atoms with Gasteiger partial charge in [0.25, 0.3) is 5.91 Å². The standard InChI is InChI=1S/C10H13NO2/c1-6-7(2)13-8-4-3-5-11-10(12)9(6)8/h3-5H2,1-2H3,(H,11,12). The van der Waals surface area contributed by atoms with E-state index < -0.39 is 0 Å². The van der Waals surface area contributed by atoms with Crippen molar-refractivity contribution in [2.24, 2.45) is 0 Å². The first-order valence-electron chi connectivity index (χ1n) is 4.57. The van der Waals surface area contributed by atoms with Gasteiger partial charge in [-0.3, -0.25) is 4.79 Å². The summed E-state index contributed by atoms with van der Waals surface area (Å²) in [7, 11) is 0.